The zero-order valence-electron chi connectivity index (χ0n) is 15.9. The number of nitrogens with one attached hydrogen (secondary N) is 1. The zero-order chi connectivity index (χ0) is 20.4. The van der Waals surface area contributed by atoms with Gasteiger partial charge < -0.3 is 10.1 Å². The lowest BCUT2D eigenvalue weighted by atomic mass is 10.1. The number of sulfonamides is 1. The van der Waals surface area contributed by atoms with E-state index in [9.17, 15) is 13.2 Å². The van der Waals surface area contributed by atoms with Crippen molar-refractivity contribution in [1.29, 1.82) is 0 Å². The van der Waals surface area contributed by atoms with Crippen molar-refractivity contribution in [2.75, 3.05) is 25.5 Å². The molecule has 1 aromatic heterocycles. The molecular formula is C20H21N3O4S2. The molecule has 2 aromatic carbocycles. The summed E-state index contributed by atoms with van der Waals surface area (Å²) in [6.45, 7) is 1.13. The molecule has 3 aromatic rings. The maximum atomic E-state index is 12.7. The van der Waals surface area contributed by atoms with Crippen molar-refractivity contribution in [2.24, 2.45) is 0 Å². The first kappa shape index (κ1) is 19.8. The Bertz CT molecular complexity index is 1150. The SMILES string of the molecule is COc1cccc(CC(=O)Nc2nc3ccc(S(=O)(=O)N4CCCC4)cc3s2)c1. The van der Waals surface area contributed by atoms with Crippen LogP contribution in [0.5, 0.6) is 5.75 Å². The zero-order valence-corrected chi connectivity index (χ0v) is 17.6. The van der Waals surface area contributed by atoms with E-state index in [2.05, 4.69) is 10.3 Å². The molecule has 1 aliphatic heterocycles. The van der Waals surface area contributed by atoms with Crippen LogP contribution in [-0.4, -0.2) is 43.8 Å². The highest BCUT2D eigenvalue weighted by Crippen LogP contribution is 2.30. The van der Waals surface area contributed by atoms with Crippen LogP contribution >= 0.6 is 11.3 Å². The number of nitrogens with zero attached hydrogens (tertiary/aromatic N) is 2. The largest absolute Gasteiger partial charge is 0.497 e. The summed E-state index contributed by atoms with van der Waals surface area (Å²) in [6, 6.07) is 12.2. The van der Waals surface area contributed by atoms with E-state index in [-0.39, 0.29) is 17.2 Å². The standard InChI is InChI=1S/C20H21N3O4S2/c1-27-15-6-4-5-14(11-15)12-19(24)22-20-21-17-8-7-16(13-18(17)28-20)29(25,26)23-9-2-3-10-23/h4-8,11,13H,2-3,9-10,12H2,1H3,(H,21,22,24). The molecule has 1 amide bonds. The van der Waals surface area contributed by atoms with Crippen LogP contribution in [0.1, 0.15) is 18.4 Å². The van der Waals surface area contributed by atoms with Crippen LogP contribution in [-0.2, 0) is 21.2 Å². The average Bonchev–Trinajstić information content (AvgIpc) is 3.37. The topological polar surface area (TPSA) is 88.6 Å². The Morgan fingerprint density at radius 3 is 2.76 bits per heavy atom. The van der Waals surface area contributed by atoms with Crippen LogP contribution in [0.25, 0.3) is 10.2 Å². The molecule has 0 radical (unpaired) electrons. The first-order valence-corrected chi connectivity index (χ1v) is 11.5. The minimum Gasteiger partial charge on any atom is -0.497 e. The summed E-state index contributed by atoms with van der Waals surface area (Å²) in [6.07, 6.45) is 1.98. The molecule has 1 aliphatic rings. The van der Waals surface area contributed by atoms with Gasteiger partial charge in [-0.25, -0.2) is 13.4 Å². The van der Waals surface area contributed by atoms with Crippen molar-refractivity contribution < 1.29 is 17.9 Å². The van der Waals surface area contributed by atoms with Gasteiger partial charge in [-0.2, -0.15) is 4.31 Å². The van der Waals surface area contributed by atoms with Crippen LogP contribution in [0.15, 0.2) is 47.4 Å². The van der Waals surface area contributed by atoms with E-state index < -0.39 is 10.0 Å². The Morgan fingerprint density at radius 2 is 2.00 bits per heavy atom. The third-order valence-electron chi connectivity index (χ3n) is 4.81. The fraction of sp³-hybridized carbons (Fsp3) is 0.300. The van der Waals surface area contributed by atoms with E-state index in [1.807, 2.05) is 24.3 Å². The Balaban J connectivity index is 1.50. The van der Waals surface area contributed by atoms with Crippen molar-refractivity contribution >= 4 is 42.6 Å². The number of hydrogen-bond acceptors (Lipinski definition) is 6. The second kappa shape index (κ2) is 8.10. The fourth-order valence-electron chi connectivity index (χ4n) is 3.33. The van der Waals surface area contributed by atoms with Gasteiger partial charge >= 0.3 is 0 Å². The van der Waals surface area contributed by atoms with Crippen LogP contribution in [0.2, 0.25) is 0 Å². The third kappa shape index (κ3) is 4.26. The normalized spacial score (nSPS) is 14.9. The Labute approximate surface area is 173 Å². The number of carbonyl (C=O) groups is 1. The molecule has 29 heavy (non-hydrogen) atoms. The van der Waals surface area contributed by atoms with Gasteiger partial charge in [-0.3, -0.25) is 4.79 Å². The fourth-order valence-corrected chi connectivity index (χ4v) is 5.87. The second-order valence-electron chi connectivity index (χ2n) is 6.84. The second-order valence-corrected chi connectivity index (χ2v) is 9.80. The Morgan fingerprint density at radius 1 is 1.21 bits per heavy atom. The number of carbonyl (C=O) groups excluding carboxylic acids is 1. The van der Waals surface area contributed by atoms with Gasteiger partial charge in [0, 0.05) is 13.1 Å². The van der Waals surface area contributed by atoms with Gasteiger partial charge in [0.25, 0.3) is 0 Å². The number of anilines is 1. The maximum Gasteiger partial charge on any atom is 0.243 e. The molecule has 0 atom stereocenters. The van der Waals surface area contributed by atoms with Gasteiger partial charge in [0.1, 0.15) is 5.75 Å². The first-order valence-electron chi connectivity index (χ1n) is 9.29. The summed E-state index contributed by atoms with van der Waals surface area (Å²) in [5.41, 5.74) is 1.49. The average molecular weight is 432 g/mol. The van der Waals surface area contributed by atoms with Gasteiger partial charge in [-0.15, -0.1) is 0 Å². The predicted octanol–water partition coefficient (Wildman–Crippen LogP) is 3.27. The maximum absolute atomic E-state index is 12.7. The van der Waals surface area contributed by atoms with Gasteiger partial charge in [-0.1, -0.05) is 23.5 Å². The number of ether oxygens (including phenoxy) is 1. The van der Waals surface area contributed by atoms with Crippen molar-refractivity contribution in [3.05, 3.63) is 48.0 Å². The molecule has 7 nitrogen and oxygen atoms in total. The molecule has 1 N–H and O–H groups in total. The molecule has 2 heterocycles. The summed E-state index contributed by atoms with van der Waals surface area (Å²) in [5.74, 6) is 0.504. The molecule has 1 fully saturated rings. The number of hydrogen-bond donors (Lipinski definition) is 1. The van der Waals surface area contributed by atoms with Gasteiger partial charge in [0.15, 0.2) is 5.13 Å². The van der Waals surface area contributed by atoms with Gasteiger partial charge in [0.2, 0.25) is 15.9 Å². The molecule has 9 heteroatoms. The molecule has 4 rings (SSSR count). The van der Waals surface area contributed by atoms with Gasteiger partial charge in [0.05, 0.1) is 28.6 Å². The van der Waals surface area contributed by atoms with E-state index in [1.54, 1.807) is 25.3 Å². The van der Waals surface area contributed by atoms with E-state index in [1.165, 1.54) is 15.6 Å². The lowest BCUT2D eigenvalue weighted by Gasteiger charge is -2.15. The van der Waals surface area contributed by atoms with Crippen LogP contribution in [0.3, 0.4) is 0 Å². The lowest BCUT2D eigenvalue weighted by Crippen LogP contribution is -2.27. The number of fused-ring (bicyclic) bond motifs is 1. The number of rotatable bonds is 6. The number of thiazole rings is 1. The van der Waals surface area contributed by atoms with Crippen LogP contribution < -0.4 is 10.1 Å². The van der Waals surface area contributed by atoms with Crippen LogP contribution in [0.4, 0.5) is 5.13 Å². The first-order chi connectivity index (χ1) is 14.0. The van der Waals surface area contributed by atoms with Crippen molar-refractivity contribution in [3.63, 3.8) is 0 Å². The quantitative estimate of drug-likeness (QED) is 0.647. The molecule has 0 bridgehead atoms. The summed E-state index contributed by atoms with van der Waals surface area (Å²) in [7, 11) is -1.90. The van der Waals surface area contributed by atoms with E-state index >= 15 is 0 Å². The minimum atomic E-state index is -3.48. The molecular weight excluding hydrogens is 410 g/mol. The molecule has 1 saturated heterocycles. The Kier molecular flexibility index (Phi) is 5.53. The Hall–Kier alpha value is -2.49. The van der Waals surface area contributed by atoms with E-state index in [0.29, 0.717) is 29.5 Å². The number of benzene rings is 2. The third-order valence-corrected chi connectivity index (χ3v) is 7.64. The minimum absolute atomic E-state index is 0.192. The van der Waals surface area contributed by atoms with Crippen LogP contribution in [0, 0.1) is 0 Å². The summed E-state index contributed by atoms with van der Waals surface area (Å²) >= 11 is 1.27. The molecule has 152 valence electrons. The monoisotopic (exact) mass is 431 g/mol. The summed E-state index contributed by atoms with van der Waals surface area (Å²) in [5, 5.41) is 3.25. The summed E-state index contributed by atoms with van der Waals surface area (Å²) in [4.78, 5) is 17.0. The highest BCUT2D eigenvalue weighted by molar-refractivity contribution is 7.89. The van der Waals surface area contributed by atoms with Crippen molar-refractivity contribution in [1.82, 2.24) is 9.29 Å². The number of methoxy groups -OCH3 is 1. The summed E-state index contributed by atoms with van der Waals surface area (Å²) < 4.78 is 32.9. The highest BCUT2D eigenvalue weighted by Gasteiger charge is 2.27. The van der Waals surface area contributed by atoms with Gasteiger partial charge in [-0.05, 0) is 48.7 Å². The highest BCUT2D eigenvalue weighted by atomic mass is 32.2. The van der Waals surface area contributed by atoms with E-state index in [4.69, 9.17) is 4.74 Å². The molecule has 0 spiro atoms. The molecule has 0 aliphatic carbocycles. The van der Waals surface area contributed by atoms with Crippen molar-refractivity contribution in [3.8, 4) is 5.75 Å². The van der Waals surface area contributed by atoms with Crippen molar-refractivity contribution in [2.45, 2.75) is 24.2 Å². The number of aromatic nitrogens is 1. The molecule has 0 saturated carbocycles. The smallest absolute Gasteiger partial charge is 0.243 e. The predicted molar refractivity (Wildman–Crippen MR) is 113 cm³/mol. The van der Waals surface area contributed by atoms with E-state index in [0.717, 1.165) is 23.1 Å². The molecule has 0 unspecified atom stereocenters. The number of amides is 1. The lowest BCUT2D eigenvalue weighted by molar-refractivity contribution is -0.115.